The molecule has 1 amide bonds. The van der Waals surface area contributed by atoms with Crippen LogP contribution in [0.25, 0.3) is 11.0 Å². The average molecular weight is 391 g/mol. The van der Waals surface area contributed by atoms with Gasteiger partial charge in [-0.1, -0.05) is 18.7 Å². The first-order chi connectivity index (χ1) is 13.3. The van der Waals surface area contributed by atoms with Gasteiger partial charge in [0.15, 0.2) is 10.8 Å². The molecule has 0 unspecified atom stereocenters. The van der Waals surface area contributed by atoms with Crippen LogP contribution in [-0.4, -0.2) is 64.3 Å². The Morgan fingerprint density at radius 3 is 2.89 bits per heavy atom. The molecule has 8 nitrogen and oxygen atoms in total. The van der Waals surface area contributed by atoms with Gasteiger partial charge in [0.1, 0.15) is 5.82 Å². The number of carbonyl (C=O) groups is 1. The number of carbonyl (C=O) groups excluding carboxylic acids is 1. The third kappa shape index (κ3) is 4.35. The highest BCUT2D eigenvalue weighted by Crippen LogP contribution is 2.29. The zero-order valence-corrected chi connectivity index (χ0v) is 16.5. The number of thioether (sulfide) groups is 1. The Balaban J connectivity index is 1.57. The Morgan fingerprint density at radius 1 is 1.33 bits per heavy atom. The highest BCUT2D eigenvalue weighted by atomic mass is 32.2. The van der Waals surface area contributed by atoms with Gasteiger partial charge in [-0.25, -0.2) is 14.6 Å². The zero-order chi connectivity index (χ0) is 18.6. The van der Waals surface area contributed by atoms with E-state index in [0.717, 1.165) is 60.1 Å². The van der Waals surface area contributed by atoms with Gasteiger partial charge in [-0.3, -0.25) is 4.79 Å². The fourth-order valence-corrected chi connectivity index (χ4v) is 3.82. The minimum absolute atomic E-state index is 0.161. The normalized spacial score (nSPS) is 17.4. The molecule has 0 bridgehead atoms. The SMILES string of the molecule is CCCSc1nc(N2CCOCC2)c2cnn(CCNC(=O)C3CC3)c2n1. The molecule has 1 aliphatic carbocycles. The van der Waals surface area contributed by atoms with E-state index in [1.807, 2.05) is 10.9 Å². The van der Waals surface area contributed by atoms with Gasteiger partial charge in [0.05, 0.1) is 31.3 Å². The molecule has 2 aromatic rings. The largest absolute Gasteiger partial charge is 0.378 e. The molecule has 0 spiro atoms. The molecule has 9 heteroatoms. The van der Waals surface area contributed by atoms with Crippen LogP contribution in [0.2, 0.25) is 0 Å². The van der Waals surface area contributed by atoms with Gasteiger partial charge in [-0.05, 0) is 19.3 Å². The number of fused-ring (bicyclic) bond motifs is 1. The van der Waals surface area contributed by atoms with Crippen LogP contribution in [0.15, 0.2) is 11.4 Å². The summed E-state index contributed by atoms with van der Waals surface area (Å²) < 4.78 is 7.36. The minimum Gasteiger partial charge on any atom is -0.378 e. The molecule has 2 fully saturated rings. The molecular formula is C18H26N6O2S. The van der Waals surface area contributed by atoms with Crippen LogP contribution in [0.3, 0.4) is 0 Å². The van der Waals surface area contributed by atoms with Crippen molar-refractivity contribution in [1.82, 2.24) is 25.1 Å². The molecule has 0 atom stereocenters. The Kier molecular flexibility index (Phi) is 5.77. The van der Waals surface area contributed by atoms with Gasteiger partial charge < -0.3 is 15.0 Å². The van der Waals surface area contributed by atoms with Gasteiger partial charge in [-0.15, -0.1) is 0 Å². The molecule has 4 rings (SSSR count). The van der Waals surface area contributed by atoms with Crippen LogP contribution >= 0.6 is 11.8 Å². The van der Waals surface area contributed by atoms with Crippen LogP contribution in [0, 0.1) is 5.92 Å². The molecule has 27 heavy (non-hydrogen) atoms. The number of morpholine rings is 1. The van der Waals surface area contributed by atoms with Crippen LogP contribution in [0.5, 0.6) is 0 Å². The van der Waals surface area contributed by atoms with E-state index in [4.69, 9.17) is 14.7 Å². The second-order valence-electron chi connectivity index (χ2n) is 6.95. The summed E-state index contributed by atoms with van der Waals surface area (Å²) in [4.78, 5) is 23.7. The molecule has 2 aliphatic rings. The Labute approximate surface area is 163 Å². The molecule has 1 N–H and O–H groups in total. The Hall–Kier alpha value is -1.87. The fraction of sp³-hybridized carbons (Fsp3) is 0.667. The van der Waals surface area contributed by atoms with E-state index in [0.29, 0.717) is 26.3 Å². The van der Waals surface area contributed by atoms with Gasteiger partial charge >= 0.3 is 0 Å². The molecule has 1 aliphatic heterocycles. The van der Waals surface area contributed by atoms with Crippen LogP contribution in [0.1, 0.15) is 26.2 Å². The van der Waals surface area contributed by atoms with E-state index in [1.54, 1.807) is 11.8 Å². The molecule has 0 aromatic carbocycles. The summed E-state index contributed by atoms with van der Waals surface area (Å²) in [6.45, 7) is 6.41. The molecule has 1 saturated carbocycles. The van der Waals surface area contributed by atoms with Crippen molar-refractivity contribution in [2.45, 2.75) is 37.9 Å². The minimum atomic E-state index is 0.161. The zero-order valence-electron chi connectivity index (χ0n) is 15.7. The van der Waals surface area contributed by atoms with E-state index in [-0.39, 0.29) is 11.8 Å². The maximum Gasteiger partial charge on any atom is 0.223 e. The van der Waals surface area contributed by atoms with Crippen molar-refractivity contribution in [3.8, 4) is 0 Å². The first-order valence-electron chi connectivity index (χ1n) is 9.73. The van der Waals surface area contributed by atoms with Gasteiger partial charge in [-0.2, -0.15) is 5.10 Å². The standard InChI is InChI=1S/C18H26N6O2S/c1-2-11-27-18-21-15(23-7-9-26-10-8-23)14-12-20-24(16(14)22-18)6-5-19-17(25)13-3-4-13/h12-13H,2-11H2,1H3,(H,19,25). The van der Waals surface area contributed by atoms with Crippen molar-refractivity contribution in [1.29, 1.82) is 0 Å². The van der Waals surface area contributed by atoms with Gasteiger partial charge in [0.2, 0.25) is 5.91 Å². The van der Waals surface area contributed by atoms with E-state index in [2.05, 4.69) is 22.2 Å². The fourth-order valence-electron chi connectivity index (χ4n) is 3.13. The average Bonchev–Trinajstić information content (AvgIpc) is 3.48. The third-order valence-electron chi connectivity index (χ3n) is 4.77. The maximum absolute atomic E-state index is 11.8. The Bertz CT molecular complexity index is 800. The molecule has 2 aromatic heterocycles. The number of rotatable bonds is 8. The van der Waals surface area contributed by atoms with Gasteiger partial charge in [0.25, 0.3) is 0 Å². The summed E-state index contributed by atoms with van der Waals surface area (Å²) in [5.41, 5.74) is 0.839. The summed E-state index contributed by atoms with van der Waals surface area (Å²) in [6.07, 6.45) is 4.96. The van der Waals surface area contributed by atoms with Crippen LogP contribution < -0.4 is 10.2 Å². The lowest BCUT2D eigenvalue weighted by molar-refractivity contribution is -0.122. The second kappa shape index (κ2) is 8.43. The van der Waals surface area contributed by atoms with E-state index < -0.39 is 0 Å². The van der Waals surface area contributed by atoms with Crippen molar-refractivity contribution < 1.29 is 9.53 Å². The summed E-state index contributed by atoms with van der Waals surface area (Å²) in [6, 6.07) is 0. The second-order valence-corrected chi connectivity index (χ2v) is 8.01. The first kappa shape index (κ1) is 18.5. The van der Waals surface area contributed by atoms with Crippen LogP contribution in [0.4, 0.5) is 5.82 Å². The quantitative estimate of drug-likeness (QED) is 0.542. The highest BCUT2D eigenvalue weighted by molar-refractivity contribution is 7.99. The monoisotopic (exact) mass is 390 g/mol. The maximum atomic E-state index is 11.8. The number of anilines is 1. The van der Waals surface area contributed by atoms with Crippen molar-refractivity contribution in [3.05, 3.63) is 6.20 Å². The molecule has 1 saturated heterocycles. The predicted octanol–water partition coefficient (Wildman–Crippen LogP) is 1.69. The number of aromatic nitrogens is 4. The molecule has 146 valence electrons. The summed E-state index contributed by atoms with van der Waals surface area (Å²) >= 11 is 1.68. The van der Waals surface area contributed by atoms with Crippen molar-refractivity contribution in [2.24, 2.45) is 5.92 Å². The number of nitrogens with zero attached hydrogens (tertiary/aromatic N) is 5. The summed E-state index contributed by atoms with van der Waals surface area (Å²) in [5, 5.41) is 9.28. The summed E-state index contributed by atoms with van der Waals surface area (Å²) in [5.74, 6) is 2.32. The van der Waals surface area contributed by atoms with Crippen molar-refractivity contribution >= 4 is 34.5 Å². The van der Waals surface area contributed by atoms with Gasteiger partial charge in [0, 0.05) is 31.3 Å². The lowest BCUT2D eigenvalue weighted by Crippen LogP contribution is -2.37. The highest BCUT2D eigenvalue weighted by Gasteiger charge is 2.29. The van der Waals surface area contributed by atoms with Crippen molar-refractivity contribution in [2.75, 3.05) is 43.5 Å². The number of hydrogen-bond acceptors (Lipinski definition) is 7. The summed E-state index contributed by atoms with van der Waals surface area (Å²) in [7, 11) is 0. The third-order valence-corrected chi connectivity index (χ3v) is 5.83. The number of ether oxygens (including phenoxy) is 1. The lowest BCUT2D eigenvalue weighted by Gasteiger charge is -2.28. The smallest absolute Gasteiger partial charge is 0.223 e. The number of amides is 1. The number of nitrogens with one attached hydrogen (secondary N) is 1. The van der Waals surface area contributed by atoms with E-state index >= 15 is 0 Å². The topological polar surface area (TPSA) is 85.2 Å². The molecule has 3 heterocycles. The molecule has 0 radical (unpaired) electrons. The van der Waals surface area contributed by atoms with E-state index in [9.17, 15) is 4.79 Å². The molecular weight excluding hydrogens is 364 g/mol. The van der Waals surface area contributed by atoms with Crippen LogP contribution in [-0.2, 0) is 16.1 Å². The lowest BCUT2D eigenvalue weighted by atomic mass is 10.3. The first-order valence-corrected chi connectivity index (χ1v) is 10.7. The Morgan fingerprint density at radius 2 is 2.15 bits per heavy atom. The number of hydrogen-bond donors (Lipinski definition) is 1. The van der Waals surface area contributed by atoms with E-state index in [1.165, 1.54) is 0 Å². The van der Waals surface area contributed by atoms with Crippen molar-refractivity contribution in [3.63, 3.8) is 0 Å². The predicted molar refractivity (Wildman–Crippen MR) is 105 cm³/mol.